The summed E-state index contributed by atoms with van der Waals surface area (Å²) in [7, 11) is 3.11. The number of carbonyl (C=O) groups is 2. The second kappa shape index (κ2) is 9.27. The van der Waals surface area contributed by atoms with Gasteiger partial charge in [0, 0.05) is 24.7 Å². The van der Waals surface area contributed by atoms with Crippen LogP contribution in [-0.4, -0.2) is 50.1 Å². The average molecular weight is 360 g/mol. The van der Waals surface area contributed by atoms with E-state index >= 15 is 0 Å². The maximum atomic E-state index is 12.7. The first-order valence-electron chi connectivity index (χ1n) is 8.94. The van der Waals surface area contributed by atoms with Crippen LogP contribution >= 0.6 is 0 Å². The third kappa shape index (κ3) is 5.25. The summed E-state index contributed by atoms with van der Waals surface area (Å²) < 4.78 is 10.5. The second-order valence-corrected chi connectivity index (χ2v) is 6.75. The van der Waals surface area contributed by atoms with Crippen molar-refractivity contribution in [3.8, 4) is 11.5 Å². The molecule has 142 valence electrons. The fraction of sp³-hybridized carbons (Fsp3) is 0.500. The van der Waals surface area contributed by atoms with Crippen LogP contribution < -0.4 is 14.8 Å². The quantitative estimate of drug-likeness (QED) is 0.792. The van der Waals surface area contributed by atoms with Gasteiger partial charge in [-0.15, -0.1) is 0 Å². The van der Waals surface area contributed by atoms with Gasteiger partial charge in [0.05, 0.1) is 14.2 Å². The summed E-state index contributed by atoms with van der Waals surface area (Å²) >= 11 is 0. The highest BCUT2D eigenvalue weighted by Crippen LogP contribution is 2.28. The molecule has 0 aliphatic carbocycles. The van der Waals surface area contributed by atoms with Crippen molar-refractivity contribution in [1.29, 1.82) is 0 Å². The van der Waals surface area contributed by atoms with Gasteiger partial charge in [-0.05, 0) is 43.0 Å². The standard InChI is InChI=1S/C20H28N2O4/c1-14(2)5-8-19(23)21-16-9-11-22(12-10-16)20(24)15-6-7-17(25-3)18(13-15)26-4/h5-8,13-14,16H,9-12H2,1-4H3,(H,21,23)/b8-5+. The van der Waals surface area contributed by atoms with Crippen molar-refractivity contribution in [2.75, 3.05) is 27.3 Å². The molecule has 1 N–H and O–H groups in total. The van der Waals surface area contributed by atoms with Gasteiger partial charge >= 0.3 is 0 Å². The number of rotatable bonds is 6. The molecular weight excluding hydrogens is 332 g/mol. The van der Waals surface area contributed by atoms with Crippen LogP contribution in [-0.2, 0) is 4.79 Å². The molecule has 2 rings (SSSR count). The number of hydrogen-bond donors (Lipinski definition) is 1. The molecule has 0 spiro atoms. The third-order valence-electron chi connectivity index (χ3n) is 4.39. The monoisotopic (exact) mass is 360 g/mol. The minimum atomic E-state index is -0.0663. The molecule has 0 aromatic heterocycles. The molecule has 0 saturated carbocycles. The largest absolute Gasteiger partial charge is 0.493 e. The second-order valence-electron chi connectivity index (χ2n) is 6.75. The molecule has 0 bridgehead atoms. The van der Waals surface area contributed by atoms with E-state index < -0.39 is 0 Å². The Morgan fingerprint density at radius 3 is 2.38 bits per heavy atom. The van der Waals surface area contributed by atoms with E-state index in [2.05, 4.69) is 5.32 Å². The number of likely N-dealkylation sites (tertiary alicyclic amines) is 1. The molecule has 1 saturated heterocycles. The zero-order valence-electron chi connectivity index (χ0n) is 16.0. The Labute approximate surface area is 155 Å². The summed E-state index contributed by atoms with van der Waals surface area (Å²) in [6, 6.07) is 5.29. The summed E-state index contributed by atoms with van der Waals surface area (Å²) in [6.45, 7) is 5.29. The smallest absolute Gasteiger partial charge is 0.253 e. The lowest BCUT2D eigenvalue weighted by molar-refractivity contribution is -0.117. The van der Waals surface area contributed by atoms with E-state index in [1.54, 1.807) is 38.5 Å². The Morgan fingerprint density at radius 1 is 1.15 bits per heavy atom. The molecule has 2 amide bonds. The lowest BCUT2D eigenvalue weighted by Crippen LogP contribution is -2.46. The number of allylic oxidation sites excluding steroid dienone is 1. The van der Waals surface area contributed by atoms with Gasteiger partial charge in [-0.1, -0.05) is 19.9 Å². The fourth-order valence-corrected chi connectivity index (χ4v) is 2.91. The molecule has 1 aromatic carbocycles. The number of ether oxygens (including phenoxy) is 2. The van der Waals surface area contributed by atoms with Crippen LogP contribution in [0.2, 0.25) is 0 Å². The van der Waals surface area contributed by atoms with Gasteiger partial charge in [-0.2, -0.15) is 0 Å². The molecular formula is C20H28N2O4. The van der Waals surface area contributed by atoms with Crippen LogP contribution in [0.5, 0.6) is 11.5 Å². The first kappa shape index (κ1) is 19.8. The van der Waals surface area contributed by atoms with E-state index in [1.807, 2.05) is 24.8 Å². The average Bonchev–Trinajstić information content (AvgIpc) is 2.65. The van der Waals surface area contributed by atoms with E-state index in [0.717, 1.165) is 12.8 Å². The zero-order valence-corrected chi connectivity index (χ0v) is 16.0. The highest BCUT2D eigenvalue weighted by atomic mass is 16.5. The molecule has 6 nitrogen and oxygen atoms in total. The van der Waals surface area contributed by atoms with Gasteiger partial charge in [0.1, 0.15) is 0 Å². The molecule has 0 radical (unpaired) electrons. The van der Waals surface area contributed by atoms with E-state index in [4.69, 9.17) is 9.47 Å². The van der Waals surface area contributed by atoms with Crippen LogP contribution in [0.25, 0.3) is 0 Å². The number of piperidine rings is 1. The van der Waals surface area contributed by atoms with Gasteiger partial charge < -0.3 is 19.7 Å². The van der Waals surface area contributed by atoms with Gasteiger partial charge in [0.2, 0.25) is 5.91 Å². The first-order chi connectivity index (χ1) is 12.4. The topological polar surface area (TPSA) is 67.9 Å². The van der Waals surface area contributed by atoms with E-state index in [0.29, 0.717) is 36.1 Å². The number of benzene rings is 1. The molecule has 1 heterocycles. The van der Waals surface area contributed by atoms with Crippen molar-refractivity contribution in [3.05, 3.63) is 35.9 Å². The molecule has 1 aliphatic rings. The number of nitrogens with zero attached hydrogens (tertiary/aromatic N) is 1. The molecule has 0 unspecified atom stereocenters. The Hall–Kier alpha value is -2.50. The summed E-state index contributed by atoms with van der Waals surface area (Å²) in [5.41, 5.74) is 0.574. The summed E-state index contributed by atoms with van der Waals surface area (Å²) in [6.07, 6.45) is 4.97. The molecule has 6 heteroatoms. The maximum Gasteiger partial charge on any atom is 0.253 e. The summed E-state index contributed by atoms with van der Waals surface area (Å²) in [5, 5.41) is 3.01. The van der Waals surface area contributed by atoms with E-state index in [1.165, 1.54) is 0 Å². The van der Waals surface area contributed by atoms with Crippen molar-refractivity contribution in [2.24, 2.45) is 5.92 Å². The van der Waals surface area contributed by atoms with Crippen LogP contribution in [0.4, 0.5) is 0 Å². The van der Waals surface area contributed by atoms with Gasteiger partial charge in [-0.3, -0.25) is 9.59 Å². The van der Waals surface area contributed by atoms with Gasteiger partial charge in [0.25, 0.3) is 5.91 Å². The van der Waals surface area contributed by atoms with Crippen LogP contribution in [0, 0.1) is 5.92 Å². The Bertz CT molecular complexity index is 662. The Kier molecular flexibility index (Phi) is 7.06. The van der Waals surface area contributed by atoms with Crippen LogP contribution in [0.15, 0.2) is 30.4 Å². The summed E-state index contributed by atoms with van der Waals surface area (Å²) in [4.78, 5) is 26.4. The molecule has 1 aliphatic heterocycles. The summed E-state index contributed by atoms with van der Waals surface area (Å²) in [5.74, 6) is 1.39. The predicted octanol–water partition coefficient (Wildman–Crippen LogP) is 2.64. The highest BCUT2D eigenvalue weighted by Gasteiger charge is 2.24. The fourth-order valence-electron chi connectivity index (χ4n) is 2.91. The van der Waals surface area contributed by atoms with Gasteiger partial charge in [-0.25, -0.2) is 0 Å². The van der Waals surface area contributed by atoms with Crippen molar-refractivity contribution in [3.63, 3.8) is 0 Å². The highest BCUT2D eigenvalue weighted by molar-refractivity contribution is 5.95. The van der Waals surface area contributed by atoms with Gasteiger partial charge in [0.15, 0.2) is 11.5 Å². The first-order valence-corrected chi connectivity index (χ1v) is 8.94. The van der Waals surface area contributed by atoms with Crippen molar-refractivity contribution in [2.45, 2.75) is 32.7 Å². The third-order valence-corrected chi connectivity index (χ3v) is 4.39. The minimum absolute atomic E-state index is 0.0320. The SMILES string of the molecule is COc1ccc(C(=O)N2CCC(NC(=O)/C=C/C(C)C)CC2)cc1OC. The van der Waals surface area contributed by atoms with Crippen molar-refractivity contribution < 1.29 is 19.1 Å². The Balaban J connectivity index is 1.91. The minimum Gasteiger partial charge on any atom is -0.493 e. The Morgan fingerprint density at radius 2 is 1.81 bits per heavy atom. The number of carbonyl (C=O) groups excluding carboxylic acids is 2. The van der Waals surface area contributed by atoms with E-state index in [9.17, 15) is 9.59 Å². The van der Waals surface area contributed by atoms with Crippen molar-refractivity contribution in [1.82, 2.24) is 10.2 Å². The molecule has 26 heavy (non-hydrogen) atoms. The lowest BCUT2D eigenvalue weighted by atomic mass is 10.0. The van der Waals surface area contributed by atoms with Crippen LogP contribution in [0.3, 0.4) is 0 Å². The lowest BCUT2D eigenvalue weighted by Gasteiger charge is -2.32. The van der Waals surface area contributed by atoms with Crippen molar-refractivity contribution >= 4 is 11.8 Å². The number of hydrogen-bond acceptors (Lipinski definition) is 4. The number of amides is 2. The zero-order chi connectivity index (χ0) is 19.1. The maximum absolute atomic E-state index is 12.7. The molecule has 1 aromatic rings. The number of methoxy groups -OCH3 is 2. The van der Waals surface area contributed by atoms with E-state index in [-0.39, 0.29) is 17.9 Å². The molecule has 0 atom stereocenters. The molecule has 1 fully saturated rings. The number of nitrogens with one attached hydrogen (secondary N) is 1. The normalized spacial score (nSPS) is 15.3. The predicted molar refractivity (Wildman–Crippen MR) is 101 cm³/mol. The van der Waals surface area contributed by atoms with Crippen LogP contribution in [0.1, 0.15) is 37.0 Å².